The summed E-state index contributed by atoms with van der Waals surface area (Å²) in [5.74, 6) is 5.39. The molecule has 0 aromatic heterocycles. The normalized spacial score (nSPS) is 13.8. The van der Waals surface area contributed by atoms with Crippen molar-refractivity contribution in [3.63, 3.8) is 0 Å². The lowest BCUT2D eigenvalue weighted by molar-refractivity contribution is 0.0173. The van der Waals surface area contributed by atoms with Gasteiger partial charge in [0.25, 0.3) is 0 Å². The molecule has 80 valence electrons. The van der Waals surface area contributed by atoms with Gasteiger partial charge in [0.2, 0.25) is 0 Å². The molecule has 2 nitrogen and oxygen atoms in total. The van der Waals surface area contributed by atoms with Gasteiger partial charge in [0.05, 0.1) is 6.10 Å². The first kappa shape index (κ1) is 11.8. The highest BCUT2D eigenvalue weighted by atomic mass is 16.5. The molecule has 0 aliphatic heterocycles. The van der Waals surface area contributed by atoms with Gasteiger partial charge in [-0.2, -0.15) is 0 Å². The highest BCUT2D eigenvalue weighted by molar-refractivity contribution is 5.17. The first-order valence-electron chi connectivity index (χ1n) is 4.95. The number of benzene rings is 1. The molecule has 2 atom stereocenters. The second kappa shape index (κ2) is 6.23. The van der Waals surface area contributed by atoms with Crippen molar-refractivity contribution in [2.75, 3.05) is 7.11 Å². The van der Waals surface area contributed by atoms with Crippen LogP contribution in [0.25, 0.3) is 0 Å². The maximum Gasteiger partial charge on any atom is 0.141 e. The summed E-state index contributed by atoms with van der Waals surface area (Å²) in [6, 6.07) is 9.93. The molecule has 0 aliphatic carbocycles. The first-order chi connectivity index (χ1) is 7.27. The van der Waals surface area contributed by atoms with E-state index >= 15 is 0 Å². The fourth-order valence-electron chi connectivity index (χ4n) is 1.41. The van der Waals surface area contributed by atoms with Crippen LogP contribution in [0.3, 0.4) is 0 Å². The Morgan fingerprint density at radius 2 is 2.00 bits per heavy atom. The third-order valence-electron chi connectivity index (χ3n) is 2.23. The summed E-state index contributed by atoms with van der Waals surface area (Å²) in [5, 5.41) is 9.67. The molecule has 1 rings (SSSR count). The average Bonchev–Trinajstić information content (AvgIpc) is 2.27. The van der Waals surface area contributed by atoms with Gasteiger partial charge < -0.3 is 9.84 Å². The lowest BCUT2D eigenvalue weighted by atomic mass is 10.0. The number of aliphatic hydroxyl groups excluding tert-OH is 1. The molecule has 1 aromatic carbocycles. The van der Waals surface area contributed by atoms with Crippen molar-refractivity contribution in [1.82, 2.24) is 0 Å². The fraction of sp³-hybridized carbons (Fsp3) is 0.385. The Morgan fingerprint density at radius 1 is 1.33 bits per heavy atom. The molecule has 0 radical (unpaired) electrons. The molecule has 0 amide bonds. The standard InChI is InChI=1S/C13H16O2/c1-3-7-12(14)13(15-2)10-11-8-5-4-6-9-11/h4-6,8-9,12-14H,10H2,1-2H3/t12-,13-/m0/s1. The maximum absolute atomic E-state index is 9.67. The molecule has 0 heterocycles. The molecule has 0 saturated heterocycles. The predicted molar refractivity (Wildman–Crippen MR) is 60.4 cm³/mol. The van der Waals surface area contributed by atoms with Crippen molar-refractivity contribution in [2.45, 2.75) is 25.6 Å². The van der Waals surface area contributed by atoms with Crippen molar-refractivity contribution in [2.24, 2.45) is 0 Å². The van der Waals surface area contributed by atoms with Crippen molar-refractivity contribution in [3.05, 3.63) is 35.9 Å². The maximum atomic E-state index is 9.67. The van der Waals surface area contributed by atoms with Gasteiger partial charge in [0, 0.05) is 13.5 Å². The van der Waals surface area contributed by atoms with E-state index in [0.29, 0.717) is 6.42 Å². The molecule has 2 heteroatoms. The molecule has 0 unspecified atom stereocenters. The van der Waals surface area contributed by atoms with Gasteiger partial charge in [-0.1, -0.05) is 36.3 Å². The monoisotopic (exact) mass is 204 g/mol. The molecule has 1 N–H and O–H groups in total. The molecule has 15 heavy (non-hydrogen) atoms. The summed E-state index contributed by atoms with van der Waals surface area (Å²) < 4.78 is 5.22. The zero-order valence-electron chi connectivity index (χ0n) is 9.10. The van der Waals surface area contributed by atoms with Gasteiger partial charge in [-0.05, 0) is 12.5 Å². The molecule has 0 spiro atoms. The third kappa shape index (κ3) is 3.75. The van der Waals surface area contributed by atoms with E-state index in [-0.39, 0.29) is 6.10 Å². The van der Waals surface area contributed by atoms with Crippen molar-refractivity contribution >= 4 is 0 Å². The topological polar surface area (TPSA) is 29.5 Å². The summed E-state index contributed by atoms with van der Waals surface area (Å²) in [5.41, 5.74) is 1.14. The van der Waals surface area contributed by atoms with E-state index in [2.05, 4.69) is 11.8 Å². The van der Waals surface area contributed by atoms with Crippen LogP contribution in [0.15, 0.2) is 30.3 Å². The highest BCUT2D eigenvalue weighted by Crippen LogP contribution is 2.08. The molecule has 0 fully saturated rings. The predicted octanol–water partition coefficient (Wildman–Crippen LogP) is 1.63. The fourth-order valence-corrected chi connectivity index (χ4v) is 1.41. The first-order valence-corrected chi connectivity index (χ1v) is 4.95. The second-order valence-corrected chi connectivity index (χ2v) is 3.30. The summed E-state index contributed by atoms with van der Waals surface area (Å²) in [4.78, 5) is 0. The van der Waals surface area contributed by atoms with Crippen molar-refractivity contribution < 1.29 is 9.84 Å². The number of hydrogen-bond acceptors (Lipinski definition) is 2. The van der Waals surface area contributed by atoms with Gasteiger partial charge >= 0.3 is 0 Å². The number of methoxy groups -OCH3 is 1. The Kier molecular flexibility index (Phi) is 4.89. The minimum absolute atomic E-state index is 0.264. The van der Waals surface area contributed by atoms with E-state index in [0.717, 1.165) is 5.56 Å². The van der Waals surface area contributed by atoms with Gasteiger partial charge in [-0.3, -0.25) is 0 Å². The highest BCUT2D eigenvalue weighted by Gasteiger charge is 2.16. The summed E-state index contributed by atoms with van der Waals surface area (Å²) >= 11 is 0. The lowest BCUT2D eigenvalue weighted by Gasteiger charge is -2.17. The average molecular weight is 204 g/mol. The van der Waals surface area contributed by atoms with Gasteiger partial charge in [-0.15, -0.1) is 5.92 Å². The smallest absolute Gasteiger partial charge is 0.141 e. The van der Waals surface area contributed by atoms with Crippen LogP contribution in [-0.4, -0.2) is 24.4 Å². The Labute approximate surface area is 90.9 Å². The quantitative estimate of drug-likeness (QED) is 0.755. The number of ether oxygens (including phenoxy) is 1. The second-order valence-electron chi connectivity index (χ2n) is 3.30. The van der Waals surface area contributed by atoms with E-state index < -0.39 is 6.10 Å². The van der Waals surface area contributed by atoms with Crippen molar-refractivity contribution in [1.29, 1.82) is 0 Å². The van der Waals surface area contributed by atoms with Gasteiger partial charge in [0.15, 0.2) is 0 Å². The van der Waals surface area contributed by atoms with E-state index in [1.54, 1.807) is 14.0 Å². The van der Waals surface area contributed by atoms with Crippen LogP contribution in [0.1, 0.15) is 12.5 Å². The molecular weight excluding hydrogens is 188 g/mol. The van der Waals surface area contributed by atoms with Crippen molar-refractivity contribution in [3.8, 4) is 11.8 Å². The Hall–Kier alpha value is -1.30. The van der Waals surface area contributed by atoms with Gasteiger partial charge in [0.1, 0.15) is 6.10 Å². The molecule has 0 saturated carbocycles. The largest absolute Gasteiger partial charge is 0.378 e. The third-order valence-corrected chi connectivity index (χ3v) is 2.23. The Balaban J connectivity index is 2.64. The summed E-state index contributed by atoms with van der Waals surface area (Å²) in [6.45, 7) is 1.71. The number of aliphatic hydroxyl groups is 1. The lowest BCUT2D eigenvalue weighted by Crippen LogP contribution is -2.28. The van der Waals surface area contributed by atoms with Gasteiger partial charge in [-0.25, -0.2) is 0 Å². The minimum atomic E-state index is -0.722. The van der Waals surface area contributed by atoms with E-state index in [1.807, 2.05) is 30.3 Å². The Morgan fingerprint density at radius 3 is 2.53 bits per heavy atom. The molecule has 0 aliphatic rings. The summed E-state index contributed by atoms with van der Waals surface area (Å²) in [7, 11) is 1.59. The molecule has 1 aromatic rings. The van der Waals surface area contributed by atoms with Crippen LogP contribution in [-0.2, 0) is 11.2 Å². The summed E-state index contributed by atoms with van der Waals surface area (Å²) in [6.07, 6.45) is -0.312. The molecule has 0 bridgehead atoms. The zero-order chi connectivity index (χ0) is 11.1. The van der Waals surface area contributed by atoms with Crippen LogP contribution in [0.2, 0.25) is 0 Å². The van der Waals surface area contributed by atoms with E-state index in [9.17, 15) is 5.11 Å². The van der Waals surface area contributed by atoms with E-state index in [1.165, 1.54) is 0 Å². The van der Waals surface area contributed by atoms with Crippen LogP contribution in [0, 0.1) is 11.8 Å². The van der Waals surface area contributed by atoms with Crippen LogP contribution in [0.5, 0.6) is 0 Å². The van der Waals surface area contributed by atoms with E-state index in [4.69, 9.17) is 4.74 Å². The number of rotatable bonds is 4. The molecular formula is C13H16O2. The Bertz CT molecular complexity index is 335. The van der Waals surface area contributed by atoms with Crippen LogP contribution < -0.4 is 0 Å². The van der Waals surface area contributed by atoms with Crippen LogP contribution in [0.4, 0.5) is 0 Å². The van der Waals surface area contributed by atoms with Crippen LogP contribution >= 0.6 is 0 Å². The zero-order valence-corrected chi connectivity index (χ0v) is 9.10. The minimum Gasteiger partial charge on any atom is -0.378 e. The SMILES string of the molecule is CC#C[C@H](O)[C@H](Cc1ccccc1)OC. The number of hydrogen-bond donors (Lipinski definition) is 1.